The monoisotopic (exact) mass is 160 g/mol. The number of ether oxygens (including phenoxy) is 1. The summed E-state index contributed by atoms with van der Waals surface area (Å²) in [6.45, 7) is 6.79. The summed E-state index contributed by atoms with van der Waals surface area (Å²) in [4.78, 5) is 10.9. The molecule has 3 heteroatoms. The molecular formula is C8H16O3. The van der Waals surface area contributed by atoms with Crippen LogP contribution in [0.2, 0.25) is 0 Å². The van der Waals surface area contributed by atoms with Crippen LogP contribution < -0.4 is 0 Å². The quantitative estimate of drug-likeness (QED) is 0.625. The molecule has 0 saturated heterocycles. The third-order valence-electron chi connectivity index (χ3n) is 1.45. The Morgan fingerprint density at radius 1 is 1.27 bits per heavy atom. The van der Waals surface area contributed by atoms with Crippen molar-refractivity contribution in [3.63, 3.8) is 0 Å². The van der Waals surface area contributed by atoms with Crippen molar-refractivity contribution in [2.45, 2.75) is 39.9 Å². The molecule has 0 spiro atoms. The van der Waals surface area contributed by atoms with Crippen LogP contribution in [0.1, 0.15) is 27.7 Å². The Morgan fingerprint density at radius 3 is 2.00 bits per heavy atom. The Kier molecular flexibility index (Phi) is 4.11. The third-order valence-corrected chi connectivity index (χ3v) is 1.45. The first-order chi connectivity index (χ1) is 4.95. The van der Waals surface area contributed by atoms with Gasteiger partial charge in [-0.1, -0.05) is 13.8 Å². The van der Waals surface area contributed by atoms with E-state index in [-0.39, 0.29) is 11.9 Å². The van der Waals surface area contributed by atoms with Crippen molar-refractivity contribution in [2.24, 2.45) is 5.92 Å². The highest BCUT2D eigenvalue weighted by Gasteiger charge is 2.16. The molecule has 11 heavy (non-hydrogen) atoms. The van der Waals surface area contributed by atoms with Gasteiger partial charge >= 0.3 is 5.97 Å². The highest BCUT2D eigenvalue weighted by molar-refractivity contribution is 5.71. The summed E-state index contributed by atoms with van der Waals surface area (Å²) in [7, 11) is 0. The van der Waals surface area contributed by atoms with E-state index in [0.717, 1.165) is 0 Å². The van der Waals surface area contributed by atoms with E-state index in [9.17, 15) is 4.79 Å². The van der Waals surface area contributed by atoms with Crippen molar-refractivity contribution < 1.29 is 14.6 Å². The van der Waals surface area contributed by atoms with E-state index in [0.29, 0.717) is 0 Å². The van der Waals surface area contributed by atoms with Crippen molar-refractivity contribution in [3.8, 4) is 0 Å². The van der Waals surface area contributed by atoms with Crippen LogP contribution in [0.5, 0.6) is 0 Å². The molecule has 0 aliphatic heterocycles. The summed E-state index contributed by atoms with van der Waals surface area (Å²) < 4.78 is 4.88. The van der Waals surface area contributed by atoms with Gasteiger partial charge in [-0.15, -0.1) is 0 Å². The molecule has 0 fully saturated rings. The number of rotatable bonds is 3. The molecule has 0 rings (SSSR count). The van der Waals surface area contributed by atoms with Crippen molar-refractivity contribution in [3.05, 3.63) is 0 Å². The average Bonchev–Trinajstić information content (AvgIpc) is 1.87. The number of hydrogen-bond donors (Lipinski definition) is 1. The largest absolute Gasteiger partial charge is 0.460 e. The Bertz CT molecular complexity index is 129. The molecular weight excluding hydrogens is 144 g/mol. The molecule has 0 amide bonds. The van der Waals surface area contributed by atoms with Crippen LogP contribution in [0, 0.1) is 5.92 Å². The first-order valence-electron chi connectivity index (χ1n) is 3.83. The molecule has 0 heterocycles. The maximum Gasteiger partial charge on any atom is 0.308 e. The molecule has 0 aromatic rings. The lowest BCUT2D eigenvalue weighted by Crippen LogP contribution is -2.27. The van der Waals surface area contributed by atoms with Crippen LogP contribution in [-0.2, 0) is 9.53 Å². The van der Waals surface area contributed by atoms with Gasteiger partial charge in [0.05, 0.1) is 12.0 Å². The lowest BCUT2D eigenvalue weighted by atomic mass is 10.2. The normalized spacial score (nSPS) is 16.2. The van der Waals surface area contributed by atoms with Crippen molar-refractivity contribution >= 4 is 5.97 Å². The second-order valence-corrected chi connectivity index (χ2v) is 3.04. The molecule has 0 aliphatic rings. The van der Waals surface area contributed by atoms with E-state index in [1.54, 1.807) is 27.7 Å². The highest BCUT2D eigenvalue weighted by Crippen LogP contribution is 2.03. The average molecular weight is 160 g/mol. The predicted molar refractivity (Wildman–Crippen MR) is 42.1 cm³/mol. The van der Waals surface area contributed by atoms with Gasteiger partial charge < -0.3 is 9.84 Å². The Labute approximate surface area is 67.4 Å². The second kappa shape index (κ2) is 4.34. The molecule has 2 atom stereocenters. The number of hydrogen-bond acceptors (Lipinski definition) is 3. The van der Waals surface area contributed by atoms with E-state index in [2.05, 4.69) is 0 Å². The van der Waals surface area contributed by atoms with Crippen LogP contribution in [0.4, 0.5) is 0 Å². The van der Waals surface area contributed by atoms with Crippen molar-refractivity contribution in [2.75, 3.05) is 0 Å². The topological polar surface area (TPSA) is 46.5 Å². The molecule has 0 aromatic heterocycles. The zero-order chi connectivity index (χ0) is 9.02. The van der Waals surface area contributed by atoms with Crippen LogP contribution >= 0.6 is 0 Å². The molecule has 0 saturated carbocycles. The molecule has 3 nitrogen and oxygen atoms in total. The van der Waals surface area contributed by atoms with Gasteiger partial charge in [-0.3, -0.25) is 4.79 Å². The third kappa shape index (κ3) is 3.98. The minimum absolute atomic E-state index is 0.129. The van der Waals surface area contributed by atoms with Gasteiger partial charge in [-0.05, 0) is 13.8 Å². The molecule has 0 bridgehead atoms. The second-order valence-electron chi connectivity index (χ2n) is 3.04. The van der Waals surface area contributed by atoms with Crippen molar-refractivity contribution in [1.29, 1.82) is 0 Å². The van der Waals surface area contributed by atoms with Crippen molar-refractivity contribution in [1.82, 2.24) is 0 Å². The molecule has 0 aromatic carbocycles. The Balaban J connectivity index is 3.76. The van der Waals surface area contributed by atoms with Gasteiger partial charge in [0.2, 0.25) is 0 Å². The number of aliphatic hydroxyl groups is 1. The molecule has 0 radical (unpaired) electrons. The van der Waals surface area contributed by atoms with Gasteiger partial charge in [0, 0.05) is 0 Å². The van der Waals surface area contributed by atoms with Gasteiger partial charge in [-0.25, -0.2) is 0 Å². The summed E-state index contributed by atoms with van der Waals surface area (Å²) in [5, 5.41) is 8.97. The van der Waals surface area contributed by atoms with Gasteiger partial charge in [0.1, 0.15) is 6.10 Å². The van der Waals surface area contributed by atoms with Gasteiger partial charge in [-0.2, -0.15) is 0 Å². The lowest BCUT2D eigenvalue weighted by molar-refractivity contribution is -0.156. The highest BCUT2D eigenvalue weighted by atomic mass is 16.6. The first-order valence-corrected chi connectivity index (χ1v) is 3.83. The predicted octanol–water partition coefficient (Wildman–Crippen LogP) is 0.955. The number of aliphatic hydroxyl groups excluding tert-OH is 1. The van der Waals surface area contributed by atoms with E-state index < -0.39 is 12.2 Å². The molecule has 66 valence electrons. The number of esters is 1. The summed E-state index contributed by atoms with van der Waals surface area (Å²) in [6.07, 6.45) is -1.01. The summed E-state index contributed by atoms with van der Waals surface area (Å²) in [6, 6.07) is 0. The fraction of sp³-hybridized carbons (Fsp3) is 0.875. The Hall–Kier alpha value is -0.570. The lowest BCUT2D eigenvalue weighted by Gasteiger charge is -2.16. The van der Waals surface area contributed by atoms with E-state index >= 15 is 0 Å². The Morgan fingerprint density at radius 2 is 1.73 bits per heavy atom. The minimum atomic E-state index is -0.599. The maximum atomic E-state index is 10.9. The molecule has 1 N–H and O–H groups in total. The fourth-order valence-electron chi connectivity index (χ4n) is 0.418. The van der Waals surface area contributed by atoms with Crippen LogP contribution in [-0.4, -0.2) is 23.3 Å². The standard InChI is InChI=1S/C8H16O3/c1-5(2)8(10)11-7(4)6(3)9/h5-7,9H,1-4H3. The van der Waals surface area contributed by atoms with Crippen LogP contribution in [0.25, 0.3) is 0 Å². The van der Waals surface area contributed by atoms with E-state index in [1.165, 1.54) is 0 Å². The summed E-state index contributed by atoms with van der Waals surface area (Å²) >= 11 is 0. The first kappa shape index (κ1) is 10.4. The minimum Gasteiger partial charge on any atom is -0.460 e. The molecule has 2 unspecified atom stereocenters. The number of carbonyl (C=O) groups is 1. The van der Waals surface area contributed by atoms with Gasteiger partial charge in [0.15, 0.2) is 0 Å². The zero-order valence-electron chi connectivity index (χ0n) is 7.50. The number of carbonyl (C=O) groups excluding carboxylic acids is 1. The summed E-state index contributed by atoms with van der Waals surface area (Å²) in [5.74, 6) is -0.394. The van der Waals surface area contributed by atoms with E-state index in [4.69, 9.17) is 9.84 Å². The summed E-state index contributed by atoms with van der Waals surface area (Å²) in [5.41, 5.74) is 0. The smallest absolute Gasteiger partial charge is 0.308 e. The maximum absolute atomic E-state index is 10.9. The zero-order valence-corrected chi connectivity index (χ0v) is 7.50. The van der Waals surface area contributed by atoms with E-state index in [1.807, 2.05) is 0 Å². The van der Waals surface area contributed by atoms with Crippen LogP contribution in [0.3, 0.4) is 0 Å². The fourth-order valence-corrected chi connectivity index (χ4v) is 0.418. The van der Waals surface area contributed by atoms with Crippen LogP contribution in [0.15, 0.2) is 0 Å². The van der Waals surface area contributed by atoms with Gasteiger partial charge in [0.25, 0.3) is 0 Å². The SMILES string of the molecule is CC(C)C(=O)OC(C)C(C)O. The molecule has 0 aliphatic carbocycles.